The van der Waals surface area contributed by atoms with Crippen molar-refractivity contribution in [1.82, 2.24) is 16.0 Å². The topological polar surface area (TPSA) is 70.2 Å². The van der Waals surface area contributed by atoms with Gasteiger partial charge < -0.3 is 16.0 Å². The Morgan fingerprint density at radius 2 is 1.71 bits per heavy atom. The van der Waals surface area contributed by atoms with Gasteiger partial charge in [0.05, 0.1) is 6.54 Å². The van der Waals surface area contributed by atoms with Crippen LogP contribution in [-0.4, -0.2) is 25.0 Å². The Bertz CT molecular complexity index is 455. The first kappa shape index (κ1) is 17.0. The molecule has 5 heteroatoms. The molecule has 0 aromatic heterocycles. The lowest BCUT2D eigenvalue weighted by molar-refractivity contribution is -0.120. The lowest BCUT2D eigenvalue weighted by Gasteiger charge is -2.09. The Morgan fingerprint density at radius 1 is 1.05 bits per heavy atom. The second-order valence-corrected chi connectivity index (χ2v) is 5.55. The van der Waals surface area contributed by atoms with Gasteiger partial charge in [-0.25, -0.2) is 4.79 Å². The predicted molar refractivity (Wildman–Crippen MR) is 83.9 cm³/mol. The van der Waals surface area contributed by atoms with Crippen LogP contribution in [0.2, 0.25) is 0 Å². The highest BCUT2D eigenvalue weighted by Gasteiger charge is 2.05. The number of urea groups is 1. The molecule has 21 heavy (non-hydrogen) atoms. The van der Waals surface area contributed by atoms with E-state index in [4.69, 9.17) is 0 Å². The van der Waals surface area contributed by atoms with Gasteiger partial charge in [0.25, 0.3) is 0 Å². The molecule has 0 aliphatic rings. The van der Waals surface area contributed by atoms with Gasteiger partial charge in [-0.2, -0.15) is 0 Å². The molecule has 0 saturated carbocycles. The number of carbonyl (C=O) groups is 2. The minimum absolute atomic E-state index is 0.00216. The highest BCUT2D eigenvalue weighted by molar-refractivity contribution is 5.83. The van der Waals surface area contributed by atoms with Crippen molar-refractivity contribution in [1.29, 1.82) is 0 Å². The van der Waals surface area contributed by atoms with Gasteiger partial charge in [-0.3, -0.25) is 4.79 Å². The van der Waals surface area contributed by atoms with Crippen LogP contribution in [0.3, 0.4) is 0 Å². The van der Waals surface area contributed by atoms with Gasteiger partial charge in [0.2, 0.25) is 5.91 Å². The summed E-state index contributed by atoms with van der Waals surface area (Å²) in [6.07, 6.45) is 0.936. The predicted octanol–water partition coefficient (Wildman–Crippen LogP) is 1.96. The van der Waals surface area contributed by atoms with Gasteiger partial charge in [-0.1, -0.05) is 43.7 Å². The van der Waals surface area contributed by atoms with E-state index in [-0.39, 0.29) is 18.5 Å². The number of rotatable bonds is 7. The Morgan fingerprint density at radius 3 is 2.33 bits per heavy atom. The highest BCUT2D eigenvalue weighted by Crippen LogP contribution is 2.02. The maximum absolute atomic E-state index is 11.6. The molecule has 0 fully saturated rings. The van der Waals surface area contributed by atoms with Crippen LogP contribution in [0.5, 0.6) is 0 Å². The van der Waals surface area contributed by atoms with Gasteiger partial charge in [0.1, 0.15) is 0 Å². The van der Waals surface area contributed by atoms with Gasteiger partial charge in [0.15, 0.2) is 0 Å². The zero-order chi connectivity index (χ0) is 15.7. The Balaban J connectivity index is 2.16. The summed E-state index contributed by atoms with van der Waals surface area (Å²) < 4.78 is 0. The molecule has 1 aromatic carbocycles. The average molecular weight is 291 g/mol. The third kappa shape index (κ3) is 7.97. The minimum atomic E-state index is -0.338. The summed E-state index contributed by atoms with van der Waals surface area (Å²) in [5.41, 5.74) is 2.21. The van der Waals surface area contributed by atoms with E-state index in [1.807, 2.05) is 31.2 Å². The van der Waals surface area contributed by atoms with Crippen molar-refractivity contribution in [3.8, 4) is 0 Å². The van der Waals surface area contributed by atoms with Crippen LogP contribution < -0.4 is 16.0 Å². The number of carbonyl (C=O) groups excluding carboxylic acids is 2. The van der Waals surface area contributed by atoms with Gasteiger partial charge >= 0.3 is 6.03 Å². The Labute approximate surface area is 126 Å². The summed E-state index contributed by atoms with van der Waals surface area (Å²) in [7, 11) is 0. The molecule has 116 valence electrons. The van der Waals surface area contributed by atoms with Crippen molar-refractivity contribution in [3.63, 3.8) is 0 Å². The van der Waals surface area contributed by atoms with Crippen LogP contribution >= 0.6 is 0 Å². The number of amides is 3. The second-order valence-electron chi connectivity index (χ2n) is 5.55. The van der Waals surface area contributed by atoms with E-state index in [1.54, 1.807) is 0 Å². The van der Waals surface area contributed by atoms with E-state index < -0.39 is 0 Å². The summed E-state index contributed by atoms with van der Waals surface area (Å²) in [5, 5.41) is 8.03. The van der Waals surface area contributed by atoms with E-state index in [2.05, 4.69) is 29.8 Å². The van der Waals surface area contributed by atoms with E-state index >= 15 is 0 Å². The lowest BCUT2D eigenvalue weighted by Crippen LogP contribution is -2.42. The van der Waals surface area contributed by atoms with E-state index in [0.29, 0.717) is 19.0 Å². The quantitative estimate of drug-likeness (QED) is 0.718. The largest absolute Gasteiger partial charge is 0.355 e. The normalized spacial score (nSPS) is 10.3. The summed E-state index contributed by atoms with van der Waals surface area (Å²) in [4.78, 5) is 23.1. The number of benzene rings is 1. The monoisotopic (exact) mass is 291 g/mol. The molecule has 1 aromatic rings. The van der Waals surface area contributed by atoms with E-state index in [9.17, 15) is 9.59 Å². The van der Waals surface area contributed by atoms with Crippen LogP contribution in [0.15, 0.2) is 24.3 Å². The molecule has 5 nitrogen and oxygen atoms in total. The molecule has 0 aliphatic carbocycles. The minimum Gasteiger partial charge on any atom is -0.355 e. The summed E-state index contributed by atoms with van der Waals surface area (Å²) in [6, 6.07) is 7.59. The van der Waals surface area contributed by atoms with Crippen molar-refractivity contribution >= 4 is 11.9 Å². The smallest absolute Gasteiger partial charge is 0.315 e. The third-order valence-corrected chi connectivity index (χ3v) is 3.03. The van der Waals surface area contributed by atoms with E-state index in [1.165, 1.54) is 5.56 Å². The van der Waals surface area contributed by atoms with Crippen molar-refractivity contribution in [2.45, 2.75) is 33.7 Å². The third-order valence-electron chi connectivity index (χ3n) is 3.03. The molecule has 0 unspecified atom stereocenters. The number of nitrogens with one attached hydrogen (secondary N) is 3. The molecule has 0 spiro atoms. The van der Waals surface area contributed by atoms with Crippen molar-refractivity contribution in [2.75, 3.05) is 13.1 Å². The molecular weight excluding hydrogens is 266 g/mol. The average Bonchev–Trinajstić information content (AvgIpc) is 2.44. The van der Waals surface area contributed by atoms with Crippen LogP contribution in [-0.2, 0) is 11.3 Å². The highest BCUT2D eigenvalue weighted by atomic mass is 16.2. The summed E-state index contributed by atoms with van der Waals surface area (Å²) >= 11 is 0. The molecular formula is C16H25N3O2. The molecule has 0 aliphatic heterocycles. The van der Waals surface area contributed by atoms with Crippen molar-refractivity contribution in [2.24, 2.45) is 5.92 Å². The first-order valence-electron chi connectivity index (χ1n) is 7.31. The molecule has 0 bridgehead atoms. The lowest BCUT2D eigenvalue weighted by atomic mass is 10.1. The Hall–Kier alpha value is -2.04. The summed E-state index contributed by atoms with van der Waals surface area (Å²) in [5.74, 6) is 0.386. The first-order chi connectivity index (χ1) is 9.97. The van der Waals surface area contributed by atoms with Crippen molar-refractivity contribution < 1.29 is 9.59 Å². The van der Waals surface area contributed by atoms with Gasteiger partial charge in [-0.15, -0.1) is 0 Å². The SMILES string of the molecule is Cc1ccc(CNC(=O)NCC(=O)NCCC(C)C)cc1. The number of hydrogen-bond donors (Lipinski definition) is 3. The fourth-order valence-corrected chi connectivity index (χ4v) is 1.67. The molecule has 0 atom stereocenters. The molecule has 0 radical (unpaired) electrons. The van der Waals surface area contributed by atoms with E-state index in [0.717, 1.165) is 12.0 Å². The van der Waals surface area contributed by atoms with Gasteiger partial charge in [-0.05, 0) is 24.8 Å². The van der Waals surface area contributed by atoms with Crippen LogP contribution in [0, 0.1) is 12.8 Å². The molecule has 3 N–H and O–H groups in total. The summed E-state index contributed by atoms with van der Waals surface area (Å²) in [6.45, 7) is 7.30. The van der Waals surface area contributed by atoms with Gasteiger partial charge in [0, 0.05) is 13.1 Å². The first-order valence-corrected chi connectivity index (χ1v) is 7.31. The maximum atomic E-state index is 11.6. The van der Waals surface area contributed by atoms with Crippen molar-refractivity contribution in [3.05, 3.63) is 35.4 Å². The fourth-order valence-electron chi connectivity index (χ4n) is 1.67. The van der Waals surface area contributed by atoms with Crippen LogP contribution in [0.1, 0.15) is 31.4 Å². The zero-order valence-electron chi connectivity index (χ0n) is 13.0. The second kappa shape index (κ2) is 9.00. The standard InChI is InChI=1S/C16H25N3O2/c1-12(2)8-9-17-15(20)11-19-16(21)18-10-14-6-4-13(3)5-7-14/h4-7,12H,8-11H2,1-3H3,(H,17,20)(H2,18,19,21). The molecule has 3 amide bonds. The maximum Gasteiger partial charge on any atom is 0.315 e. The number of hydrogen-bond acceptors (Lipinski definition) is 2. The fraction of sp³-hybridized carbons (Fsp3) is 0.500. The zero-order valence-corrected chi connectivity index (χ0v) is 13.0. The molecule has 0 heterocycles. The van der Waals surface area contributed by atoms with Crippen LogP contribution in [0.4, 0.5) is 4.79 Å². The number of aryl methyl sites for hydroxylation is 1. The molecule has 1 rings (SSSR count). The molecule has 0 saturated heterocycles. The van der Waals surface area contributed by atoms with Crippen LogP contribution in [0.25, 0.3) is 0 Å². The Kier molecular flexibility index (Phi) is 7.29.